The number of hydrogen-bond donors (Lipinski definition) is 1. The maximum absolute atomic E-state index is 11.7. The van der Waals surface area contributed by atoms with Gasteiger partial charge < -0.3 is 10.5 Å². The van der Waals surface area contributed by atoms with Crippen LogP contribution in [-0.2, 0) is 9.53 Å². The van der Waals surface area contributed by atoms with Crippen molar-refractivity contribution in [2.24, 2.45) is 11.7 Å². The van der Waals surface area contributed by atoms with Crippen LogP contribution in [0.15, 0.2) is 41.3 Å². The van der Waals surface area contributed by atoms with Crippen LogP contribution in [0.25, 0.3) is 0 Å². The summed E-state index contributed by atoms with van der Waals surface area (Å²) >= 11 is 1.70. The minimum absolute atomic E-state index is 0.134. The summed E-state index contributed by atoms with van der Waals surface area (Å²) < 4.78 is 5.35. The van der Waals surface area contributed by atoms with Crippen LogP contribution in [0.2, 0.25) is 0 Å². The van der Waals surface area contributed by atoms with Gasteiger partial charge in [-0.05, 0) is 25.5 Å². The van der Waals surface area contributed by atoms with Crippen molar-refractivity contribution in [3.8, 4) is 0 Å². The maximum atomic E-state index is 11.7. The summed E-state index contributed by atoms with van der Waals surface area (Å²) in [7, 11) is 1.61. The van der Waals surface area contributed by atoms with Gasteiger partial charge >= 0.3 is 0 Å². The topological polar surface area (TPSA) is 52.3 Å². The summed E-state index contributed by atoms with van der Waals surface area (Å²) in [6.07, 6.45) is 4.63. The molecule has 0 saturated heterocycles. The van der Waals surface area contributed by atoms with E-state index in [0.717, 1.165) is 11.3 Å². The zero-order chi connectivity index (χ0) is 13.8. The largest absolute Gasteiger partial charge is 0.377 e. The molecule has 3 atom stereocenters. The predicted octanol–water partition coefficient (Wildman–Crippen LogP) is 2.53. The van der Waals surface area contributed by atoms with E-state index in [2.05, 4.69) is 37.3 Å². The molecular formula is C15H19NO2S. The molecule has 102 valence electrons. The molecule has 0 saturated carbocycles. The van der Waals surface area contributed by atoms with E-state index in [0.29, 0.717) is 0 Å². The molecule has 3 nitrogen and oxygen atoms in total. The standard InChI is InChI=1S/C15H19NO2S/c1-10-6-8-11(9-7-10)19-13-5-3-4-12(18-2)14(13)15(16)17/h3-4,6-9,12-14H,5H2,1-2H3,(H2,16,17)/t12-,13+,14-/m0/s1. The fourth-order valence-corrected chi connectivity index (χ4v) is 3.59. The van der Waals surface area contributed by atoms with E-state index < -0.39 is 0 Å². The van der Waals surface area contributed by atoms with Gasteiger partial charge in [0.25, 0.3) is 0 Å². The predicted molar refractivity (Wildman–Crippen MR) is 78.1 cm³/mol. The van der Waals surface area contributed by atoms with Gasteiger partial charge in [0.15, 0.2) is 0 Å². The number of aryl methyl sites for hydroxylation is 1. The number of thioether (sulfide) groups is 1. The Kier molecular flexibility index (Phi) is 4.66. The molecule has 0 unspecified atom stereocenters. The number of benzene rings is 1. The van der Waals surface area contributed by atoms with Gasteiger partial charge in [-0.2, -0.15) is 0 Å². The monoisotopic (exact) mass is 277 g/mol. The van der Waals surface area contributed by atoms with Crippen LogP contribution in [-0.4, -0.2) is 24.4 Å². The second kappa shape index (κ2) is 6.26. The van der Waals surface area contributed by atoms with Gasteiger partial charge in [-0.15, -0.1) is 11.8 Å². The van der Waals surface area contributed by atoms with Crippen molar-refractivity contribution in [3.63, 3.8) is 0 Å². The number of amides is 1. The highest BCUT2D eigenvalue weighted by molar-refractivity contribution is 8.00. The van der Waals surface area contributed by atoms with Gasteiger partial charge in [-0.3, -0.25) is 4.79 Å². The lowest BCUT2D eigenvalue weighted by molar-refractivity contribution is -0.125. The Morgan fingerprint density at radius 1 is 1.37 bits per heavy atom. The van der Waals surface area contributed by atoms with Gasteiger partial charge in [0.05, 0.1) is 12.0 Å². The molecule has 1 aliphatic rings. The third-order valence-corrected chi connectivity index (χ3v) is 4.69. The van der Waals surface area contributed by atoms with Crippen LogP contribution < -0.4 is 5.73 Å². The average Bonchev–Trinajstić information content (AvgIpc) is 2.40. The van der Waals surface area contributed by atoms with Crippen LogP contribution >= 0.6 is 11.8 Å². The summed E-state index contributed by atoms with van der Waals surface area (Å²) in [4.78, 5) is 12.8. The van der Waals surface area contributed by atoms with E-state index >= 15 is 0 Å². The van der Waals surface area contributed by atoms with Gasteiger partial charge in [0.1, 0.15) is 0 Å². The molecule has 1 aromatic rings. The van der Waals surface area contributed by atoms with Crippen molar-refractivity contribution in [1.82, 2.24) is 0 Å². The molecule has 1 aliphatic carbocycles. The van der Waals surface area contributed by atoms with Crippen LogP contribution in [0.5, 0.6) is 0 Å². The third kappa shape index (κ3) is 3.39. The maximum Gasteiger partial charge on any atom is 0.224 e. The molecule has 4 heteroatoms. The fraction of sp³-hybridized carbons (Fsp3) is 0.400. The van der Waals surface area contributed by atoms with E-state index in [1.165, 1.54) is 5.56 Å². The second-order valence-corrected chi connectivity index (χ2v) is 6.07. The number of nitrogens with two attached hydrogens (primary N) is 1. The summed E-state index contributed by atoms with van der Waals surface area (Å²) in [6.45, 7) is 2.06. The number of rotatable bonds is 4. The Balaban J connectivity index is 2.15. The molecule has 0 aromatic heterocycles. The van der Waals surface area contributed by atoms with Gasteiger partial charge in [-0.25, -0.2) is 0 Å². The van der Waals surface area contributed by atoms with E-state index in [-0.39, 0.29) is 23.2 Å². The van der Waals surface area contributed by atoms with Crippen molar-refractivity contribution in [2.45, 2.75) is 29.6 Å². The second-order valence-electron chi connectivity index (χ2n) is 4.76. The molecule has 0 heterocycles. The molecule has 0 spiro atoms. The van der Waals surface area contributed by atoms with Crippen molar-refractivity contribution in [2.75, 3.05) is 7.11 Å². The number of methoxy groups -OCH3 is 1. The van der Waals surface area contributed by atoms with E-state index in [1.54, 1.807) is 18.9 Å². The Morgan fingerprint density at radius 3 is 2.63 bits per heavy atom. The number of hydrogen-bond acceptors (Lipinski definition) is 3. The number of allylic oxidation sites excluding steroid dienone is 1. The zero-order valence-electron chi connectivity index (χ0n) is 11.2. The first kappa shape index (κ1) is 14.2. The summed E-state index contributed by atoms with van der Waals surface area (Å²) in [6, 6.07) is 8.32. The van der Waals surface area contributed by atoms with Crippen molar-refractivity contribution < 1.29 is 9.53 Å². The van der Waals surface area contributed by atoms with Crippen LogP contribution in [0.4, 0.5) is 0 Å². The summed E-state index contributed by atoms with van der Waals surface area (Å²) in [5.74, 6) is -0.567. The molecule has 1 aromatic carbocycles. The SMILES string of the molecule is CO[C@H]1C=CC[C@@H](Sc2ccc(C)cc2)[C@H]1C(N)=O. The lowest BCUT2D eigenvalue weighted by atomic mass is 9.90. The van der Waals surface area contributed by atoms with Gasteiger partial charge in [-0.1, -0.05) is 29.8 Å². The van der Waals surface area contributed by atoms with E-state index in [9.17, 15) is 4.79 Å². The first-order valence-electron chi connectivity index (χ1n) is 6.34. The summed E-state index contributed by atoms with van der Waals surface area (Å²) in [5.41, 5.74) is 6.77. The first-order chi connectivity index (χ1) is 9.11. The van der Waals surface area contributed by atoms with Crippen LogP contribution in [0, 0.1) is 12.8 Å². The minimum Gasteiger partial charge on any atom is -0.377 e. The number of carbonyl (C=O) groups is 1. The molecule has 2 rings (SSSR count). The Labute approximate surface area is 118 Å². The molecule has 2 N–H and O–H groups in total. The third-order valence-electron chi connectivity index (χ3n) is 3.36. The molecule has 0 fully saturated rings. The molecular weight excluding hydrogens is 258 g/mol. The molecule has 1 amide bonds. The Bertz CT molecular complexity index is 470. The van der Waals surface area contributed by atoms with Crippen LogP contribution in [0.1, 0.15) is 12.0 Å². The highest BCUT2D eigenvalue weighted by Crippen LogP contribution is 2.36. The molecule has 0 bridgehead atoms. The van der Waals surface area contributed by atoms with Gasteiger partial charge in [0, 0.05) is 17.3 Å². The zero-order valence-corrected chi connectivity index (χ0v) is 12.0. The average molecular weight is 277 g/mol. The molecule has 0 radical (unpaired) electrons. The lowest BCUT2D eigenvalue weighted by Crippen LogP contribution is -2.42. The number of primary amides is 1. The minimum atomic E-state index is -0.291. The number of ether oxygens (including phenoxy) is 1. The molecule has 19 heavy (non-hydrogen) atoms. The van der Waals surface area contributed by atoms with Gasteiger partial charge in [0.2, 0.25) is 5.91 Å². The highest BCUT2D eigenvalue weighted by atomic mass is 32.2. The quantitative estimate of drug-likeness (QED) is 0.860. The van der Waals surface area contributed by atoms with E-state index in [4.69, 9.17) is 10.5 Å². The highest BCUT2D eigenvalue weighted by Gasteiger charge is 2.35. The smallest absolute Gasteiger partial charge is 0.224 e. The van der Waals surface area contributed by atoms with Crippen molar-refractivity contribution >= 4 is 17.7 Å². The van der Waals surface area contributed by atoms with Crippen molar-refractivity contribution in [1.29, 1.82) is 0 Å². The number of carbonyl (C=O) groups excluding carboxylic acids is 1. The normalized spacial score (nSPS) is 26.3. The Hall–Kier alpha value is -1.26. The first-order valence-corrected chi connectivity index (χ1v) is 7.22. The molecule has 0 aliphatic heterocycles. The lowest BCUT2D eigenvalue weighted by Gasteiger charge is -2.31. The van der Waals surface area contributed by atoms with Crippen LogP contribution in [0.3, 0.4) is 0 Å². The summed E-state index contributed by atoms with van der Waals surface area (Å²) in [5, 5.41) is 0.134. The Morgan fingerprint density at radius 2 is 2.05 bits per heavy atom. The van der Waals surface area contributed by atoms with Crippen molar-refractivity contribution in [3.05, 3.63) is 42.0 Å². The fourth-order valence-electron chi connectivity index (χ4n) is 2.31. The van der Waals surface area contributed by atoms with E-state index in [1.807, 2.05) is 6.08 Å².